The van der Waals surface area contributed by atoms with Gasteiger partial charge in [0.2, 0.25) is 6.08 Å². The van der Waals surface area contributed by atoms with Gasteiger partial charge in [0.25, 0.3) is 0 Å². The number of halogens is 4. The zero-order valence-electron chi connectivity index (χ0n) is 6.89. The van der Waals surface area contributed by atoms with Gasteiger partial charge in [-0.3, -0.25) is 0 Å². The third-order valence-corrected chi connectivity index (χ3v) is 1.57. The maximum Gasteiger partial charge on any atom is 0.439 e. The number of isocyanates is 1. The van der Waals surface area contributed by atoms with Gasteiger partial charge in [0.1, 0.15) is 0 Å². The molecule has 8 heteroatoms. The molecule has 0 aromatic carbocycles. The van der Waals surface area contributed by atoms with Gasteiger partial charge in [0.15, 0.2) is 0 Å². The van der Waals surface area contributed by atoms with E-state index >= 15 is 0 Å². The second kappa shape index (κ2) is 4.43. The summed E-state index contributed by atoms with van der Waals surface area (Å²) in [4.78, 5) is 19.0. The summed E-state index contributed by atoms with van der Waals surface area (Å²) in [6.07, 6.45) is -4.63. The van der Waals surface area contributed by atoms with Crippen molar-refractivity contribution in [2.45, 2.75) is 18.1 Å². The zero-order valence-corrected chi connectivity index (χ0v) is 7.65. The average molecular weight is 232 g/mol. The lowest BCUT2D eigenvalue weighted by atomic mass is 10.3. The highest BCUT2D eigenvalue weighted by molar-refractivity contribution is 6.34. The van der Waals surface area contributed by atoms with Gasteiger partial charge in [-0.2, -0.15) is 18.2 Å². The van der Waals surface area contributed by atoms with Gasteiger partial charge in [-0.1, -0.05) is 11.6 Å². The van der Waals surface area contributed by atoms with Gasteiger partial charge in [0, 0.05) is 0 Å². The summed E-state index contributed by atoms with van der Waals surface area (Å²) in [5.41, 5.74) is 0. The summed E-state index contributed by atoms with van der Waals surface area (Å²) in [5.74, 6) is -1.85. The monoisotopic (exact) mass is 231 g/mol. The number of aliphatic imine (C=N–C) groups is 1. The molecule has 0 N–H and O–H groups in total. The number of nitrogens with zero attached hydrogens (tertiary/aromatic N) is 1. The van der Waals surface area contributed by atoms with Crippen LogP contribution in [0.4, 0.5) is 13.2 Å². The van der Waals surface area contributed by atoms with E-state index in [2.05, 4.69) is 9.73 Å². The molecule has 0 aliphatic rings. The van der Waals surface area contributed by atoms with E-state index in [1.807, 2.05) is 0 Å². The molecular weight excluding hydrogens is 227 g/mol. The fourth-order valence-electron chi connectivity index (χ4n) is 0.514. The van der Waals surface area contributed by atoms with Gasteiger partial charge in [-0.25, -0.2) is 9.59 Å². The Kier molecular flexibility index (Phi) is 4.09. The molecule has 0 saturated heterocycles. The first-order valence-corrected chi connectivity index (χ1v) is 3.69. The summed E-state index contributed by atoms with van der Waals surface area (Å²) in [7, 11) is 0. The SMILES string of the molecule is CCOC(=O)[C@@](Cl)(N=C=O)C(F)(F)F. The maximum absolute atomic E-state index is 12.2. The fraction of sp³-hybridized carbons (Fsp3) is 0.667. The van der Waals surface area contributed by atoms with E-state index in [0.717, 1.165) is 0 Å². The van der Waals surface area contributed by atoms with Crippen molar-refractivity contribution in [1.82, 2.24) is 0 Å². The molecule has 0 saturated carbocycles. The lowest BCUT2D eigenvalue weighted by Crippen LogP contribution is -2.46. The Morgan fingerprint density at radius 2 is 2.07 bits per heavy atom. The minimum atomic E-state index is -5.21. The summed E-state index contributed by atoms with van der Waals surface area (Å²) in [6.45, 7) is 0.980. The van der Waals surface area contributed by atoms with Crippen molar-refractivity contribution in [1.29, 1.82) is 0 Å². The van der Waals surface area contributed by atoms with E-state index in [-0.39, 0.29) is 6.61 Å². The summed E-state index contributed by atoms with van der Waals surface area (Å²) in [6, 6.07) is 0. The standard InChI is InChI=1S/C6H5ClF3NO3/c1-2-14-4(13)5(7,11-3-12)6(8,9)10/h2H2,1H3/t5-/m1/s1. The molecule has 0 aromatic rings. The van der Waals surface area contributed by atoms with Crippen LogP contribution in [0.25, 0.3) is 0 Å². The van der Waals surface area contributed by atoms with Crippen LogP contribution in [0.5, 0.6) is 0 Å². The van der Waals surface area contributed by atoms with Gasteiger partial charge in [-0.15, -0.1) is 0 Å². The third-order valence-electron chi connectivity index (χ3n) is 1.12. The molecule has 80 valence electrons. The van der Waals surface area contributed by atoms with Crippen LogP contribution in [0.3, 0.4) is 0 Å². The van der Waals surface area contributed by atoms with Crippen molar-refractivity contribution >= 4 is 23.7 Å². The van der Waals surface area contributed by atoms with Gasteiger partial charge < -0.3 is 4.74 Å². The highest BCUT2D eigenvalue weighted by Crippen LogP contribution is 2.38. The molecule has 1 atom stereocenters. The molecule has 0 heterocycles. The lowest BCUT2D eigenvalue weighted by Gasteiger charge is -2.21. The number of rotatable bonds is 3. The van der Waals surface area contributed by atoms with Gasteiger partial charge in [-0.05, 0) is 6.92 Å². The van der Waals surface area contributed by atoms with Crippen LogP contribution in [0.1, 0.15) is 6.92 Å². The van der Waals surface area contributed by atoms with E-state index in [0.29, 0.717) is 6.08 Å². The molecule has 14 heavy (non-hydrogen) atoms. The Morgan fingerprint density at radius 3 is 2.36 bits per heavy atom. The van der Waals surface area contributed by atoms with Crippen molar-refractivity contribution in [3.63, 3.8) is 0 Å². The van der Waals surface area contributed by atoms with Crippen LogP contribution in [-0.4, -0.2) is 29.8 Å². The number of carbonyl (C=O) groups excluding carboxylic acids is 2. The van der Waals surface area contributed by atoms with E-state index < -0.39 is 17.1 Å². The minimum absolute atomic E-state index is 0.308. The molecule has 0 aliphatic heterocycles. The molecule has 0 radical (unpaired) electrons. The zero-order chi connectivity index (χ0) is 11.4. The normalized spacial score (nSPS) is 15.2. The molecule has 0 spiro atoms. The molecule has 4 nitrogen and oxygen atoms in total. The number of carbonyl (C=O) groups is 1. The van der Waals surface area contributed by atoms with E-state index in [9.17, 15) is 22.8 Å². The van der Waals surface area contributed by atoms with Crippen LogP contribution in [0.2, 0.25) is 0 Å². The van der Waals surface area contributed by atoms with Crippen molar-refractivity contribution < 1.29 is 27.5 Å². The molecular formula is C6H5ClF3NO3. The number of alkyl halides is 4. The van der Waals surface area contributed by atoms with Crippen molar-refractivity contribution in [2.75, 3.05) is 6.61 Å². The van der Waals surface area contributed by atoms with Crippen molar-refractivity contribution in [2.24, 2.45) is 4.99 Å². The predicted octanol–water partition coefficient (Wildman–Crippen LogP) is 1.38. The Bertz CT molecular complexity index is 274. The van der Waals surface area contributed by atoms with Gasteiger partial charge >= 0.3 is 17.1 Å². The van der Waals surface area contributed by atoms with Gasteiger partial charge in [0.05, 0.1) is 6.61 Å². The highest BCUT2D eigenvalue weighted by atomic mass is 35.5. The second-order valence-electron chi connectivity index (χ2n) is 2.04. The van der Waals surface area contributed by atoms with E-state index in [4.69, 9.17) is 11.6 Å². The smallest absolute Gasteiger partial charge is 0.439 e. The van der Waals surface area contributed by atoms with Crippen molar-refractivity contribution in [3.8, 4) is 0 Å². The summed E-state index contributed by atoms with van der Waals surface area (Å²) < 4.78 is 40.5. The number of esters is 1. The summed E-state index contributed by atoms with van der Waals surface area (Å²) in [5, 5.41) is 0. The molecule has 0 amide bonds. The first-order chi connectivity index (χ1) is 6.29. The number of hydrogen-bond acceptors (Lipinski definition) is 4. The van der Waals surface area contributed by atoms with Crippen LogP contribution in [0, 0.1) is 0 Å². The molecule has 0 aliphatic carbocycles. The third kappa shape index (κ3) is 2.46. The van der Waals surface area contributed by atoms with Crippen LogP contribution in [-0.2, 0) is 14.3 Å². The lowest BCUT2D eigenvalue weighted by molar-refractivity contribution is -0.187. The van der Waals surface area contributed by atoms with E-state index in [1.54, 1.807) is 0 Å². The summed E-state index contributed by atoms with van der Waals surface area (Å²) >= 11 is 4.82. The van der Waals surface area contributed by atoms with Crippen LogP contribution >= 0.6 is 11.6 Å². The quantitative estimate of drug-likeness (QED) is 0.242. The molecule has 0 bridgehead atoms. The largest absolute Gasteiger partial charge is 0.463 e. The second-order valence-corrected chi connectivity index (χ2v) is 2.59. The van der Waals surface area contributed by atoms with E-state index in [1.165, 1.54) is 6.92 Å². The minimum Gasteiger partial charge on any atom is -0.463 e. The van der Waals surface area contributed by atoms with Crippen molar-refractivity contribution in [3.05, 3.63) is 0 Å². The Hall–Kier alpha value is -1.07. The first kappa shape index (κ1) is 12.9. The Morgan fingerprint density at radius 1 is 1.57 bits per heavy atom. The topological polar surface area (TPSA) is 55.7 Å². The number of ether oxygens (including phenoxy) is 1. The molecule has 0 rings (SSSR count). The molecule has 0 unspecified atom stereocenters. The molecule has 0 fully saturated rings. The average Bonchev–Trinajstić information content (AvgIpc) is 2.03. The number of hydrogen-bond donors (Lipinski definition) is 0. The first-order valence-electron chi connectivity index (χ1n) is 3.31. The highest BCUT2D eigenvalue weighted by Gasteiger charge is 2.62. The molecule has 0 aromatic heterocycles. The van der Waals surface area contributed by atoms with Crippen LogP contribution < -0.4 is 0 Å². The maximum atomic E-state index is 12.2. The Balaban J connectivity index is 5.10. The fourth-order valence-corrected chi connectivity index (χ4v) is 0.603. The Labute approximate surface area is 81.7 Å². The van der Waals surface area contributed by atoms with Crippen LogP contribution in [0.15, 0.2) is 4.99 Å². The predicted molar refractivity (Wildman–Crippen MR) is 39.4 cm³/mol.